The van der Waals surface area contributed by atoms with Gasteiger partial charge in [0.25, 0.3) is 0 Å². The molecule has 0 spiro atoms. The van der Waals surface area contributed by atoms with Crippen LogP contribution in [0.25, 0.3) is 0 Å². The van der Waals surface area contributed by atoms with Crippen molar-refractivity contribution in [2.45, 2.75) is 38.2 Å². The van der Waals surface area contributed by atoms with E-state index in [1.807, 2.05) is 43.3 Å². The molecule has 0 fully saturated rings. The average molecular weight is 352 g/mol. The van der Waals surface area contributed by atoms with Crippen molar-refractivity contribution in [1.82, 2.24) is 5.32 Å². The third-order valence-electron chi connectivity index (χ3n) is 4.93. The van der Waals surface area contributed by atoms with Crippen LogP contribution in [0.2, 0.25) is 0 Å². The standard InChI is InChI=1S/C21H24N2O3/c1-2-15-7-5-6-10-18(15)23-20(25)19(24)22-14-21(26)12-11-16-8-3-4-9-17(16)13-21/h3-10,26H,2,11-14H2,1H3,(H,22,24)(H,23,25). The number of hydrogen-bond donors (Lipinski definition) is 3. The van der Waals surface area contributed by atoms with E-state index >= 15 is 0 Å². The van der Waals surface area contributed by atoms with Crippen LogP contribution in [0, 0.1) is 0 Å². The van der Waals surface area contributed by atoms with Crippen molar-refractivity contribution < 1.29 is 14.7 Å². The molecule has 26 heavy (non-hydrogen) atoms. The summed E-state index contributed by atoms with van der Waals surface area (Å²) in [6.07, 6.45) is 2.56. The van der Waals surface area contributed by atoms with E-state index in [-0.39, 0.29) is 6.54 Å². The molecule has 0 saturated carbocycles. The molecule has 0 saturated heterocycles. The van der Waals surface area contributed by atoms with Crippen LogP contribution in [-0.4, -0.2) is 29.1 Å². The number of hydrogen-bond acceptors (Lipinski definition) is 3. The quantitative estimate of drug-likeness (QED) is 0.739. The highest BCUT2D eigenvalue weighted by Gasteiger charge is 2.33. The zero-order chi connectivity index (χ0) is 18.6. The van der Waals surface area contributed by atoms with E-state index in [1.165, 1.54) is 5.56 Å². The highest BCUT2D eigenvalue weighted by molar-refractivity contribution is 6.39. The number of benzene rings is 2. The largest absolute Gasteiger partial charge is 0.388 e. The van der Waals surface area contributed by atoms with Gasteiger partial charge in [-0.2, -0.15) is 0 Å². The molecule has 0 heterocycles. The third-order valence-corrected chi connectivity index (χ3v) is 4.93. The molecule has 136 valence electrons. The number of carbonyl (C=O) groups is 2. The molecule has 1 aliphatic rings. The Bertz CT molecular complexity index is 818. The smallest absolute Gasteiger partial charge is 0.313 e. The zero-order valence-electron chi connectivity index (χ0n) is 14.9. The molecule has 1 atom stereocenters. The molecular formula is C21H24N2O3. The predicted molar refractivity (Wildman–Crippen MR) is 101 cm³/mol. The topological polar surface area (TPSA) is 78.4 Å². The van der Waals surface area contributed by atoms with E-state index in [0.717, 1.165) is 24.0 Å². The minimum atomic E-state index is -1.02. The molecule has 3 N–H and O–H groups in total. The molecule has 0 bridgehead atoms. The van der Waals surface area contributed by atoms with E-state index in [4.69, 9.17) is 0 Å². The number of anilines is 1. The van der Waals surface area contributed by atoms with Crippen LogP contribution in [0.1, 0.15) is 30.0 Å². The van der Waals surface area contributed by atoms with E-state index in [2.05, 4.69) is 16.7 Å². The van der Waals surface area contributed by atoms with Crippen molar-refractivity contribution in [3.8, 4) is 0 Å². The lowest BCUT2D eigenvalue weighted by Gasteiger charge is -2.33. The normalized spacial score (nSPS) is 18.7. The van der Waals surface area contributed by atoms with Gasteiger partial charge >= 0.3 is 11.8 Å². The van der Waals surface area contributed by atoms with Gasteiger partial charge < -0.3 is 15.7 Å². The van der Waals surface area contributed by atoms with Gasteiger partial charge in [-0.1, -0.05) is 49.4 Å². The van der Waals surface area contributed by atoms with Gasteiger partial charge in [0.2, 0.25) is 0 Å². The minimum absolute atomic E-state index is 0.0585. The number of rotatable bonds is 4. The van der Waals surface area contributed by atoms with Gasteiger partial charge in [-0.15, -0.1) is 0 Å². The van der Waals surface area contributed by atoms with Crippen molar-refractivity contribution in [2.24, 2.45) is 0 Å². The number of carbonyl (C=O) groups excluding carboxylic acids is 2. The number of para-hydroxylation sites is 1. The number of aliphatic hydroxyl groups is 1. The first-order valence-corrected chi connectivity index (χ1v) is 8.97. The first-order valence-electron chi connectivity index (χ1n) is 8.97. The second-order valence-corrected chi connectivity index (χ2v) is 6.82. The Morgan fingerprint density at radius 2 is 1.73 bits per heavy atom. The second-order valence-electron chi connectivity index (χ2n) is 6.82. The maximum atomic E-state index is 12.2. The summed E-state index contributed by atoms with van der Waals surface area (Å²) in [6.45, 7) is 2.05. The fraction of sp³-hybridized carbons (Fsp3) is 0.333. The lowest BCUT2D eigenvalue weighted by molar-refractivity contribution is -0.136. The molecule has 2 aromatic rings. The summed E-state index contributed by atoms with van der Waals surface area (Å²) < 4.78 is 0. The van der Waals surface area contributed by atoms with Crippen molar-refractivity contribution in [3.05, 3.63) is 65.2 Å². The first kappa shape index (κ1) is 18.1. The van der Waals surface area contributed by atoms with Gasteiger partial charge in [0.05, 0.1) is 5.60 Å². The van der Waals surface area contributed by atoms with Gasteiger partial charge in [-0.05, 0) is 42.0 Å². The van der Waals surface area contributed by atoms with E-state index < -0.39 is 17.4 Å². The summed E-state index contributed by atoms with van der Waals surface area (Å²) in [4.78, 5) is 24.3. The highest BCUT2D eigenvalue weighted by Crippen LogP contribution is 2.28. The fourth-order valence-electron chi connectivity index (χ4n) is 3.39. The molecule has 1 unspecified atom stereocenters. The Morgan fingerprint density at radius 1 is 1.04 bits per heavy atom. The van der Waals surface area contributed by atoms with Crippen LogP contribution in [-0.2, 0) is 28.9 Å². The number of aryl methyl sites for hydroxylation is 2. The van der Waals surface area contributed by atoms with E-state index in [9.17, 15) is 14.7 Å². The number of fused-ring (bicyclic) bond motifs is 1. The fourth-order valence-corrected chi connectivity index (χ4v) is 3.39. The molecule has 5 heteroatoms. The second kappa shape index (κ2) is 7.70. The predicted octanol–water partition coefficient (Wildman–Crippen LogP) is 2.22. The zero-order valence-corrected chi connectivity index (χ0v) is 14.9. The Kier molecular flexibility index (Phi) is 5.38. The van der Waals surface area contributed by atoms with Crippen molar-refractivity contribution in [2.75, 3.05) is 11.9 Å². The monoisotopic (exact) mass is 352 g/mol. The molecule has 3 rings (SSSR count). The van der Waals surface area contributed by atoms with Crippen molar-refractivity contribution in [1.29, 1.82) is 0 Å². The molecule has 0 radical (unpaired) electrons. The molecule has 5 nitrogen and oxygen atoms in total. The molecule has 2 amide bonds. The summed E-state index contributed by atoms with van der Waals surface area (Å²) in [7, 11) is 0. The summed E-state index contributed by atoms with van der Waals surface area (Å²) in [5.74, 6) is -1.45. The summed E-state index contributed by atoms with van der Waals surface area (Å²) in [6, 6.07) is 15.4. The number of amides is 2. The third kappa shape index (κ3) is 4.11. The molecule has 0 aliphatic heterocycles. The van der Waals surface area contributed by atoms with Crippen LogP contribution < -0.4 is 10.6 Å². The Hall–Kier alpha value is -2.66. The lowest BCUT2D eigenvalue weighted by Crippen LogP contribution is -2.49. The van der Waals surface area contributed by atoms with Crippen molar-refractivity contribution >= 4 is 17.5 Å². The van der Waals surface area contributed by atoms with Gasteiger partial charge in [-0.25, -0.2) is 0 Å². The van der Waals surface area contributed by atoms with Gasteiger partial charge in [0.1, 0.15) is 0 Å². The van der Waals surface area contributed by atoms with Crippen LogP contribution in [0.15, 0.2) is 48.5 Å². The molecule has 0 aromatic heterocycles. The van der Waals surface area contributed by atoms with Gasteiger partial charge in [0.15, 0.2) is 0 Å². The lowest BCUT2D eigenvalue weighted by atomic mass is 9.80. The van der Waals surface area contributed by atoms with Gasteiger partial charge in [-0.3, -0.25) is 9.59 Å². The van der Waals surface area contributed by atoms with E-state index in [1.54, 1.807) is 6.07 Å². The van der Waals surface area contributed by atoms with Crippen LogP contribution in [0.4, 0.5) is 5.69 Å². The Balaban J connectivity index is 1.57. The SMILES string of the molecule is CCc1ccccc1NC(=O)C(=O)NCC1(O)CCc2ccccc2C1. The Labute approximate surface area is 153 Å². The summed E-state index contributed by atoms with van der Waals surface area (Å²) in [5, 5.41) is 16.0. The maximum Gasteiger partial charge on any atom is 0.313 e. The number of nitrogens with one attached hydrogen (secondary N) is 2. The summed E-state index contributed by atoms with van der Waals surface area (Å²) >= 11 is 0. The van der Waals surface area contributed by atoms with Crippen LogP contribution in [0.5, 0.6) is 0 Å². The molecular weight excluding hydrogens is 328 g/mol. The molecule has 2 aromatic carbocycles. The first-order chi connectivity index (χ1) is 12.5. The van der Waals surface area contributed by atoms with Crippen LogP contribution in [0.3, 0.4) is 0 Å². The minimum Gasteiger partial charge on any atom is -0.388 e. The Morgan fingerprint density at radius 3 is 2.50 bits per heavy atom. The highest BCUT2D eigenvalue weighted by atomic mass is 16.3. The summed E-state index contributed by atoms with van der Waals surface area (Å²) in [5.41, 5.74) is 2.91. The average Bonchev–Trinajstić information content (AvgIpc) is 2.66. The maximum absolute atomic E-state index is 12.2. The van der Waals surface area contributed by atoms with Gasteiger partial charge in [0, 0.05) is 18.7 Å². The van der Waals surface area contributed by atoms with E-state index in [0.29, 0.717) is 18.5 Å². The molecule has 1 aliphatic carbocycles. The van der Waals surface area contributed by atoms with Crippen molar-refractivity contribution in [3.63, 3.8) is 0 Å². The van der Waals surface area contributed by atoms with Crippen LogP contribution >= 0.6 is 0 Å².